The van der Waals surface area contributed by atoms with Crippen molar-refractivity contribution in [3.8, 4) is 11.3 Å². The summed E-state index contributed by atoms with van der Waals surface area (Å²) in [6.07, 6.45) is 0. The van der Waals surface area contributed by atoms with Crippen LogP contribution in [0.1, 0.15) is 17.4 Å². The van der Waals surface area contributed by atoms with E-state index in [-0.39, 0.29) is 11.3 Å². The molecule has 1 N–H and O–H groups in total. The quantitative estimate of drug-likeness (QED) is 0.907. The molecule has 2 rings (SSSR count). The van der Waals surface area contributed by atoms with E-state index in [9.17, 15) is 13.6 Å². The molecule has 18 heavy (non-hydrogen) atoms. The molecule has 5 nitrogen and oxygen atoms in total. The van der Waals surface area contributed by atoms with E-state index in [0.717, 1.165) is 18.2 Å². The fourth-order valence-electron chi connectivity index (χ4n) is 1.62. The summed E-state index contributed by atoms with van der Waals surface area (Å²) in [5, 5.41) is 16.0. The van der Waals surface area contributed by atoms with Crippen LogP contribution < -0.4 is 0 Å². The van der Waals surface area contributed by atoms with Crippen LogP contribution in [0.25, 0.3) is 11.3 Å². The third kappa shape index (κ3) is 1.94. The zero-order valence-corrected chi connectivity index (χ0v) is 9.39. The van der Waals surface area contributed by atoms with E-state index in [4.69, 9.17) is 5.11 Å². The van der Waals surface area contributed by atoms with E-state index in [1.165, 1.54) is 4.68 Å². The molecule has 94 valence electrons. The van der Waals surface area contributed by atoms with Gasteiger partial charge in [-0.25, -0.2) is 18.3 Å². The van der Waals surface area contributed by atoms with Crippen LogP contribution in [0.2, 0.25) is 0 Å². The number of aryl methyl sites for hydroxylation is 1. The number of aromatic carboxylic acids is 1. The largest absolute Gasteiger partial charge is 0.476 e. The van der Waals surface area contributed by atoms with E-state index < -0.39 is 23.3 Å². The Bertz CT molecular complexity index is 610. The Balaban J connectivity index is 2.72. The monoisotopic (exact) mass is 253 g/mol. The second-order valence-electron chi connectivity index (χ2n) is 3.53. The van der Waals surface area contributed by atoms with Gasteiger partial charge < -0.3 is 5.11 Å². The van der Waals surface area contributed by atoms with Crippen molar-refractivity contribution in [2.45, 2.75) is 13.5 Å². The fourth-order valence-corrected chi connectivity index (χ4v) is 1.62. The molecular weight excluding hydrogens is 244 g/mol. The highest BCUT2D eigenvalue weighted by Gasteiger charge is 2.22. The maximum Gasteiger partial charge on any atom is 0.358 e. The van der Waals surface area contributed by atoms with Crippen molar-refractivity contribution in [3.63, 3.8) is 0 Å². The zero-order valence-electron chi connectivity index (χ0n) is 9.39. The lowest BCUT2D eigenvalue weighted by Crippen LogP contribution is -2.05. The van der Waals surface area contributed by atoms with Gasteiger partial charge in [0.25, 0.3) is 0 Å². The fraction of sp³-hybridized carbons (Fsp3) is 0.182. The van der Waals surface area contributed by atoms with Crippen molar-refractivity contribution in [1.82, 2.24) is 15.0 Å². The van der Waals surface area contributed by atoms with Gasteiger partial charge in [0.15, 0.2) is 5.69 Å². The van der Waals surface area contributed by atoms with Gasteiger partial charge in [-0.3, -0.25) is 0 Å². The van der Waals surface area contributed by atoms with Crippen molar-refractivity contribution < 1.29 is 18.7 Å². The molecule has 0 aliphatic rings. The van der Waals surface area contributed by atoms with Crippen molar-refractivity contribution in [1.29, 1.82) is 0 Å². The summed E-state index contributed by atoms with van der Waals surface area (Å²) >= 11 is 0. The molecule has 0 atom stereocenters. The highest BCUT2D eigenvalue weighted by molar-refractivity contribution is 5.92. The van der Waals surface area contributed by atoms with Gasteiger partial charge in [0, 0.05) is 12.1 Å². The van der Waals surface area contributed by atoms with Crippen LogP contribution in [-0.2, 0) is 6.54 Å². The van der Waals surface area contributed by atoms with E-state index in [2.05, 4.69) is 10.3 Å². The number of nitrogens with zero attached hydrogens (tertiary/aromatic N) is 3. The predicted octanol–water partition coefficient (Wildman–Crippen LogP) is 1.94. The summed E-state index contributed by atoms with van der Waals surface area (Å²) in [4.78, 5) is 11.0. The number of halogens is 2. The van der Waals surface area contributed by atoms with Crippen LogP contribution >= 0.6 is 0 Å². The summed E-state index contributed by atoms with van der Waals surface area (Å²) in [5.41, 5.74) is -0.609. The molecule has 0 aliphatic heterocycles. The second-order valence-corrected chi connectivity index (χ2v) is 3.53. The Morgan fingerprint density at radius 3 is 2.78 bits per heavy atom. The van der Waals surface area contributed by atoms with Gasteiger partial charge in [-0.05, 0) is 25.1 Å². The summed E-state index contributed by atoms with van der Waals surface area (Å²) in [7, 11) is 0. The smallest absolute Gasteiger partial charge is 0.358 e. The first-order valence-electron chi connectivity index (χ1n) is 5.16. The lowest BCUT2D eigenvalue weighted by atomic mass is 10.1. The minimum Gasteiger partial charge on any atom is -0.476 e. The van der Waals surface area contributed by atoms with Gasteiger partial charge in [0.2, 0.25) is 0 Å². The minimum atomic E-state index is -1.34. The van der Waals surface area contributed by atoms with Crippen LogP contribution in [0, 0.1) is 11.6 Å². The third-order valence-corrected chi connectivity index (χ3v) is 2.42. The molecule has 0 radical (unpaired) electrons. The number of carboxylic acid groups (broad SMARTS) is 1. The molecule has 0 amide bonds. The van der Waals surface area contributed by atoms with Crippen LogP contribution in [0.4, 0.5) is 8.78 Å². The van der Waals surface area contributed by atoms with E-state index >= 15 is 0 Å². The number of carboxylic acids is 1. The number of aromatic nitrogens is 3. The predicted molar refractivity (Wildman–Crippen MR) is 58.0 cm³/mol. The first-order valence-corrected chi connectivity index (χ1v) is 5.16. The van der Waals surface area contributed by atoms with Crippen molar-refractivity contribution in [3.05, 3.63) is 35.5 Å². The normalized spacial score (nSPS) is 10.6. The number of hydrogen-bond donors (Lipinski definition) is 1. The molecule has 1 aromatic heterocycles. The average Bonchev–Trinajstić information content (AvgIpc) is 2.75. The SMILES string of the molecule is CCn1nnc(C(=O)O)c1-c1cc(F)ccc1F. The van der Waals surface area contributed by atoms with Crippen LogP contribution in [-0.4, -0.2) is 26.1 Å². The Kier molecular flexibility index (Phi) is 3.05. The van der Waals surface area contributed by atoms with Crippen molar-refractivity contribution >= 4 is 5.97 Å². The summed E-state index contributed by atoms with van der Waals surface area (Å²) in [6, 6.07) is 2.81. The molecule has 0 spiro atoms. The molecule has 0 unspecified atom stereocenters. The molecule has 0 saturated carbocycles. The summed E-state index contributed by atoms with van der Waals surface area (Å²) in [5.74, 6) is -2.73. The maximum absolute atomic E-state index is 13.7. The molecule has 0 bridgehead atoms. The standard InChI is InChI=1S/C11H9F2N3O2/c1-2-16-10(9(11(17)18)14-15-16)7-5-6(12)3-4-8(7)13/h3-5H,2H2,1H3,(H,17,18). The highest BCUT2D eigenvalue weighted by Crippen LogP contribution is 2.26. The number of carbonyl (C=O) groups is 1. The van der Waals surface area contributed by atoms with Crippen LogP contribution in [0.5, 0.6) is 0 Å². The summed E-state index contributed by atoms with van der Waals surface area (Å²) in [6.45, 7) is 1.99. The second kappa shape index (κ2) is 4.52. The van der Waals surface area contributed by atoms with Gasteiger partial charge in [-0.1, -0.05) is 5.21 Å². The Labute approximate surface area is 101 Å². The maximum atomic E-state index is 13.7. The molecule has 0 aliphatic carbocycles. The summed E-state index contributed by atoms with van der Waals surface area (Å²) < 4.78 is 28.0. The minimum absolute atomic E-state index is 0.0398. The number of rotatable bonds is 3. The molecule has 2 aromatic rings. The van der Waals surface area contributed by atoms with Crippen LogP contribution in [0.15, 0.2) is 18.2 Å². The van der Waals surface area contributed by atoms with E-state index in [1.54, 1.807) is 6.92 Å². The highest BCUT2D eigenvalue weighted by atomic mass is 19.1. The molecule has 1 aromatic carbocycles. The van der Waals surface area contributed by atoms with Crippen molar-refractivity contribution in [2.75, 3.05) is 0 Å². The topological polar surface area (TPSA) is 68.0 Å². The lowest BCUT2D eigenvalue weighted by Gasteiger charge is -2.06. The zero-order chi connectivity index (χ0) is 13.3. The van der Waals surface area contributed by atoms with Crippen LogP contribution in [0.3, 0.4) is 0 Å². The Morgan fingerprint density at radius 2 is 2.17 bits per heavy atom. The first-order chi connectivity index (χ1) is 8.54. The van der Waals surface area contributed by atoms with Gasteiger partial charge in [-0.15, -0.1) is 5.10 Å². The van der Waals surface area contributed by atoms with E-state index in [0.29, 0.717) is 6.54 Å². The van der Waals surface area contributed by atoms with E-state index in [1.807, 2.05) is 0 Å². The molecular formula is C11H9F2N3O2. The number of hydrogen-bond acceptors (Lipinski definition) is 3. The van der Waals surface area contributed by atoms with Gasteiger partial charge in [0.1, 0.15) is 17.3 Å². The van der Waals surface area contributed by atoms with Gasteiger partial charge >= 0.3 is 5.97 Å². The lowest BCUT2D eigenvalue weighted by molar-refractivity contribution is 0.0691. The third-order valence-electron chi connectivity index (χ3n) is 2.42. The van der Waals surface area contributed by atoms with Gasteiger partial charge in [0.05, 0.1) is 0 Å². The molecule has 0 saturated heterocycles. The first kappa shape index (κ1) is 12.2. The van der Waals surface area contributed by atoms with Gasteiger partial charge in [-0.2, -0.15) is 0 Å². The Morgan fingerprint density at radius 1 is 1.44 bits per heavy atom. The molecule has 0 fully saturated rings. The molecule has 7 heteroatoms. The Hall–Kier alpha value is -2.31. The average molecular weight is 253 g/mol. The molecule has 1 heterocycles. The number of benzene rings is 1. The van der Waals surface area contributed by atoms with Crippen molar-refractivity contribution in [2.24, 2.45) is 0 Å².